The van der Waals surface area contributed by atoms with Crippen LogP contribution >= 0.6 is 11.6 Å². The fraction of sp³-hybridized carbons (Fsp3) is 0.0667. The molecule has 1 heterocycles. The van der Waals surface area contributed by atoms with Gasteiger partial charge >= 0.3 is 5.69 Å². The first kappa shape index (κ1) is 17.2. The summed E-state index contributed by atoms with van der Waals surface area (Å²) in [4.78, 5) is 25.2. The molecule has 2 N–H and O–H groups in total. The van der Waals surface area contributed by atoms with Crippen molar-refractivity contribution in [2.45, 2.75) is 16.7 Å². The van der Waals surface area contributed by atoms with E-state index in [1.807, 2.05) is 0 Å². The van der Waals surface area contributed by atoms with Gasteiger partial charge in [-0.1, -0.05) is 16.3 Å². The van der Waals surface area contributed by atoms with Gasteiger partial charge in [0.05, 0.1) is 25.7 Å². The van der Waals surface area contributed by atoms with Crippen molar-refractivity contribution in [3.05, 3.63) is 67.6 Å². The Hall–Kier alpha value is -2.65. The van der Waals surface area contributed by atoms with E-state index in [0.29, 0.717) is 0 Å². The molecular weight excluding hydrogens is 375 g/mol. The summed E-state index contributed by atoms with van der Waals surface area (Å²) in [5.74, 6) is -0.573. The highest BCUT2D eigenvalue weighted by Gasteiger charge is 2.24. The van der Waals surface area contributed by atoms with Crippen LogP contribution in [0.15, 0.2) is 49.7 Å². The molecule has 2 aromatic carbocycles. The van der Waals surface area contributed by atoms with E-state index in [0.717, 1.165) is 30.3 Å². The minimum absolute atomic E-state index is 0.116. The summed E-state index contributed by atoms with van der Waals surface area (Å²) in [5, 5.41) is 8.91. The number of hydrogen-bond donors (Lipinski definition) is 2. The first-order chi connectivity index (χ1) is 11.6. The van der Waals surface area contributed by atoms with Gasteiger partial charge in [0.25, 0.3) is 5.56 Å². The van der Waals surface area contributed by atoms with E-state index in [1.54, 1.807) is 0 Å². The standard InChI is InChI=1S/C15H10ClFN2O5S/c1-7-6-8(2-4-10(7)17)25(23,24)11-5-3-9(16)12-13(11)18-15(21)19(22)14(12)20/h2-6,22H,1H3,(H,18,21). The van der Waals surface area contributed by atoms with E-state index < -0.39 is 31.8 Å². The van der Waals surface area contributed by atoms with Crippen molar-refractivity contribution in [3.63, 3.8) is 0 Å². The van der Waals surface area contributed by atoms with Crippen molar-refractivity contribution < 1.29 is 18.0 Å². The number of halogens is 2. The molecule has 0 aliphatic heterocycles. The zero-order valence-corrected chi connectivity index (χ0v) is 14.2. The molecule has 130 valence electrons. The molecular formula is C15H10ClFN2O5S. The van der Waals surface area contributed by atoms with E-state index in [4.69, 9.17) is 11.6 Å². The van der Waals surface area contributed by atoms with Crippen LogP contribution in [0.2, 0.25) is 5.02 Å². The fourth-order valence-electron chi connectivity index (χ4n) is 2.38. The van der Waals surface area contributed by atoms with E-state index in [9.17, 15) is 27.6 Å². The van der Waals surface area contributed by atoms with Crippen LogP contribution in [0.3, 0.4) is 0 Å². The third-order valence-electron chi connectivity index (χ3n) is 3.68. The predicted molar refractivity (Wildman–Crippen MR) is 87.6 cm³/mol. The zero-order valence-electron chi connectivity index (χ0n) is 12.6. The quantitative estimate of drug-likeness (QED) is 0.517. The SMILES string of the molecule is Cc1cc(S(=O)(=O)c2ccc(Cl)c3c(=O)n(O)c(=O)[nH]c23)ccc1F. The molecule has 0 fully saturated rings. The maximum atomic E-state index is 13.4. The van der Waals surface area contributed by atoms with E-state index >= 15 is 0 Å². The lowest BCUT2D eigenvalue weighted by atomic mass is 10.2. The molecule has 0 spiro atoms. The molecule has 0 bridgehead atoms. The summed E-state index contributed by atoms with van der Waals surface area (Å²) in [5.41, 5.74) is -2.59. The van der Waals surface area contributed by atoms with Crippen LogP contribution in [0.25, 0.3) is 10.9 Å². The molecule has 0 unspecified atom stereocenters. The van der Waals surface area contributed by atoms with Crippen molar-refractivity contribution in [1.82, 2.24) is 9.71 Å². The lowest BCUT2D eigenvalue weighted by Crippen LogP contribution is -2.33. The number of aromatic amines is 1. The van der Waals surface area contributed by atoms with Gasteiger partial charge in [0.15, 0.2) is 0 Å². The lowest BCUT2D eigenvalue weighted by Gasteiger charge is -2.10. The van der Waals surface area contributed by atoms with Crippen LogP contribution in [-0.4, -0.2) is 23.3 Å². The molecule has 0 aliphatic carbocycles. The number of rotatable bonds is 2. The van der Waals surface area contributed by atoms with Crippen molar-refractivity contribution in [2.24, 2.45) is 0 Å². The highest BCUT2D eigenvalue weighted by atomic mass is 35.5. The number of hydrogen-bond acceptors (Lipinski definition) is 5. The van der Waals surface area contributed by atoms with E-state index in [1.165, 1.54) is 6.92 Å². The Morgan fingerprint density at radius 2 is 1.88 bits per heavy atom. The molecule has 0 radical (unpaired) electrons. The summed E-state index contributed by atoms with van der Waals surface area (Å²) < 4.78 is 39.0. The minimum Gasteiger partial charge on any atom is -0.421 e. The number of fused-ring (bicyclic) bond motifs is 1. The molecule has 0 amide bonds. The predicted octanol–water partition coefficient (Wildman–Crippen LogP) is 1.86. The van der Waals surface area contributed by atoms with Crippen LogP contribution in [0, 0.1) is 12.7 Å². The van der Waals surface area contributed by atoms with Gasteiger partial charge in [-0.3, -0.25) is 4.79 Å². The Balaban J connectivity index is 2.43. The summed E-state index contributed by atoms with van der Waals surface area (Å²) in [6.07, 6.45) is 0. The Labute approximate surface area is 144 Å². The maximum absolute atomic E-state index is 13.4. The van der Waals surface area contributed by atoms with Crippen molar-refractivity contribution in [2.75, 3.05) is 0 Å². The Bertz CT molecular complexity index is 1250. The molecule has 0 saturated heterocycles. The molecule has 3 aromatic rings. The molecule has 0 saturated carbocycles. The smallest absolute Gasteiger partial charge is 0.362 e. The van der Waals surface area contributed by atoms with Crippen LogP contribution in [-0.2, 0) is 9.84 Å². The van der Waals surface area contributed by atoms with Gasteiger partial charge in [-0.25, -0.2) is 17.6 Å². The topological polar surface area (TPSA) is 109 Å². The number of H-pyrrole nitrogens is 1. The van der Waals surface area contributed by atoms with Gasteiger partial charge in [0.2, 0.25) is 9.84 Å². The Morgan fingerprint density at radius 3 is 2.52 bits per heavy atom. The second-order valence-electron chi connectivity index (χ2n) is 5.26. The number of nitrogens with zero attached hydrogens (tertiary/aromatic N) is 1. The number of aryl methyl sites for hydroxylation is 1. The molecule has 7 nitrogen and oxygen atoms in total. The third kappa shape index (κ3) is 2.61. The van der Waals surface area contributed by atoms with Gasteiger partial charge in [-0.05, 0) is 42.8 Å². The largest absolute Gasteiger partial charge is 0.421 e. The number of sulfone groups is 1. The fourth-order valence-corrected chi connectivity index (χ4v) is 4.12. The summed E-state index contributed by atoms with van der Waals surface area (Å²) in [7, 11) is -4.19. The van der Waals surface area contributed by atoms with Gasteiger partial charge in [-0.2, -0.15) is 0 Å². The van der Waals surface area contributed by atoms with Gasteiger partial charge in [0.1, 0.15) is 5.82 Å². The number of benzene rings is 2. The van der Waals surface area contributed by atoms with Crippen LogP contribution in [0.4, 0.5) is 4.39 Å². The lowest BCUT2D eigenvalue weighted by molar-refractivity contribution is 0.162. The average Bonchev–Trinajstić information content (AvgIpc) is 2.54. The molecule has 0 atom stereocenters. The highest BCUT2D eigenvalue weighted by Crippen LogP contribution is 2.29. The van der Waals surface area contributed by atoms with Crippen LogP contribution in [0.5, 0.6) is 0 Å². The first-order valence-corrected chi connectivity index (χ1v) is 8.68. The molecule has 0 aliphatic rings. The van der Waals surface area contributed by atoms with Crippen LogP contribution in [0.1, 0.15) is 5.56 Å². The molecule has 1 aromatic heterocycles. The Kier molecular flexibility index (Phi) is 3.92. The highest BCUT2D eigenvalue weighted by molar-refractivity contribution is 7.91. The van der Waals surface area contributed by atoms with Crippen molar-refractivity contribution in [3.8, 4) is 0 Å². The summed E-state index contributed by atoms with van der Waals surface area (Å²) in [6, 6.07) is 5.49. The zero-order chi connectivity index (χ0) is 18.5. The van der Waals surface area contributed by atoms with Crippen molar-refractivity contribution in [1.29, 1.82) is 0 Å². The average molecular weight is 385 g/mol. The van der Waals surface area contributed by atoms with Crippen LogP contribution < -0.4 is 11.2 Å². The van der Waals surface area contributed by atoms with Gasteiger partial charge < -0.3 is 10.2 Å². The van der Waals surface area contributed by atoms with Crippen molar-refractivity contribution >= 4 is 32.3 Å². The number of aromatic nitrogens is 2. The minimum atomic E-state index is -4.19. The summed E-state index contributed by atoms with van der Waals surface area (Å²) >= 11 is 5.91. The molecule has 25 heavy (non-hydrogen) atoms. The van der Waals surface area contributed by atoms with Gasteiger partial charge in [-0.15, -0.1) is 0 Å². The maximum Gasteiger partial charge on any atom is 0.362 e. The third-order valence-corrected chi connectivity index (χ3v) is 5.78. The monoisotopic (exact) mass is 384 g/mol. The Morgan fingerprint density at radius 1 is 1.20 bits per heavy atom. The molecule has 10 heteroatoms. The van der Waals surface area contributed by atoms with E-state index in [2.05, 4.69) is 4.98 Å². The summed E-state index contributed by atoms with van der Waals surface area (Å²) in [6.45, 7) is 1.40. The second kappa shape index (κ2) is 5.71. The number of nitrogens with one attached hydrogen (secondary N) is 1. The van der Waals surface area contributed by atoms with E-state index in [-0.39, 0.29) is 31.1 Å². The molecule has 3 rings (SSSR count). The first-order valence-electron chi connectivity index (χ1n) is 6.82. The van der Waals surface area contributed by atoms with Gasteiger partial charge in [0, 0.05) is 0 Å². The second-order valence-corrected chi connectivity index (χ2v) is 7.58. The normalized spacial score (nSPS) is 11.8.